The molecule has 2 N–H and O–H groups in total. The van der Waals surface area contributed by atoms with Crippen LogP contribution in [0.5, 0.6) is 5.75 Å². The fourth-order valence-electron chi connectivity index (χ4n) is 1.70. The van der Waals surface area contributed by atoms with Crippen molar-refractivity contribution in [3.05, 3.63) is 42.6 Å². The number of nitrogens with zero attached hydrogens (tertiary/aromatic N) is 1. The van der Waals surface area contributed by atoms with Crippen molar-refractivity contribution in [2.24, 2.45) is 0 Å². The maximum atomic E-state index is 5.77. The zero-order valence-corrected chi connectivity index (χ0v) is 9.47. The molecule has 0 atom stereocenters. The second-order valence-corrected chi connectivity index (χ2v) is 4.32. The van der Waals surface area contributed by atoms with Crippen LogP contribution < -0.4 is 10.5 Å². The van der Waals surface area contributed by atoms with Crippen molar-refractivity contribution in [1.82, 2.24) is 4.98 Å². The molecule has 3 rings (SSSR count). The molecule has 1 aromatic carbocycles. The maximum absolute atomic E-state index is 5.77. The van der Waals surface area contributed by atoms with E-state index >= 15 is 0 Å². The van der Waals surface area contributed by atoms with E-state index in [9.17, 15) is 0 Å². The fraction of sp³-hybridized carbons (Fsp3) is 0.214. The Morgan fingerprint density at radius 3 is 2.71 bits per heavy atom. The van der Waals surface area contributed by atoms with E-state index < -0.39 is 0 Å². The highest BCUT2D eigenvalue weighted by atomic mass is 16.5. The van der Waals surface area contributed by atoms with E-state index in [0.29, 0.717) is 11.9 Å². The molecule has 1 aliphatic rings. The predicted octanol–water partition coefficient (Wildman–Crippen LogP) is 2.87. The number of nitrogen functional groups attached to an aromatic ring is 1. The Bertz CT molecular complexity index is 518. The Morgan fingerprint density at radius 2 is 2.00 bits per heavy atom. The molecule has 0 spiro atoms. The summed E-state index contributed by atoms with van der Waals surface area (Å²) < 4.78 is 5.77. The molecule has 0 amide bonds. The van der Waals surface area contributed by atoms with Gasteiger partial charge in [0.05, 0.1) is 6.10 Å². The molecule has 1 aliphatic carbocycles. The Hall–Kier alpha value is -2.03. The van der Waals surface area contributed by atoms with Crippen LogP contribution in [0.1, 0.15) is 12.8 Å². The second-order valence-electron chi connectivity index (χ2n) is 4.32. The molecule has 0 radical (unpaired) electrons. The van der Waals surface area contributed by atoms with Crippen molar-refractivity contribution in [2.75, 3.05) is 5.73 Å². The van der Waals surface area contributed by atoms with E-state index in [1.54, 1.807) is 6.20 Å². The van der Waals surface area contributed by atoms with Crippen LogP contribution >= 0.6 is 0 Å². The van der Waals surface area contributed by atoms with E-state index in [1.165, 1.54) is 12.8 Å². The number of hydrogen-bond donors (Lipinski definition) is 1. The van der Waals surface area contributed by atoms with Crippen LogP contribution in [0, 0.1) is 0 Å². The van der Waals surface area contributed by atoms with Gasteiger partial charge in [0, 0.05) is 11.8 Å². The average Bonchev–Trinajstić information content (AvgIpc) is 3.14. The first-order valence-electron chi connectivity index (χ1n) is 5.80. The molecule has 1 fully saturated rings. The number of anilines is 1. The van der Waals surface area contributed by atoms with E-state index in [4.69, 9.17) is 10.5 Å². The molecule has 0 aliphatic heterocycles. The number of rotatable bonds is 3. The summed E-state index contributed by atoms with van der Waals surface area (Å²) in [6.07, 6.45) is 4.56. The highest BCUT2D eigenvalue weighted by Crippen LogP contribution is 2.29. The van der Waals surface area contributed by atoms with Crippen LogP contribution in [0.4, 0.5) is 5.82 Å². The van der Waals surface area contributed by atoms with E-state index in [1.807, 2.05) is 36.4 Å². The Kier molecular flexibility index (Phi) is 2.44. The fourth-order valence-corrected chi connectivity index (χ4v) is 1.70. The Labute approximate surface area is 100 Å². The monoisotopic (exact) mass is 226 g/mol. The molecular weight excluding hydrogens is 212 g/mol. The first-order valence-corrected chi connectivity index (χ1v) is 5.80. The van der Waals surface area contributed by atoms with Crippen LogP contribution in [0.2, 0.25) is 0 Å². The summed E-state index contributed by atoms with van der Waals surface area (Å²) in [5.41, 5.74) is 7.74. The number of ether oxygens (including phenoxy) is 1. The first kappa shape index (κ1) is 10.1. The smallest absolute Gasteiger partial charge is 0.123 e. The molecule has 3 heteroatoms. The van der Waals surface area contributed by atoms with Gasteiger partial charge in [-0.2, -0.15) is 0 Å². The first-order chi connectivity index (χ1) is 8.31. The van der Waals surface area contributed by atoms with Crippen LogP contribution in [-0.2, 0) is 0 Å². The third-order valence-electron chi connectivity index (χ3n) is 2.78. The summed E-state index contributed by atoms with van der Waals surface area (Å²) >= 11 is 0. The zero-order chi connectivity index (χ0) is 11.7. The average molecular weight is 226 g/mol. The Morgan fingerprint density at radius 1 is 1.12 bits per heavy atom. The highest BCUT2D eigenvalue weighted by molar-refractivity contribution is 5.65. The van der Waals surface area contributed by atoms with Crippen molar-refractivity contribution in [3.63, 3.8) is 0 Å². The van der Waals surface area contributed by atoms with Crippen molar-refractivity contribution >= 4 is 5.82 Å². The van der Waals surface area contributed by atoms with Crippen molar-refractivity contribution in [2.45, 2.75) is 18.9 Å². The number of pyridine rings is 1. The molecular formula is C14H14N2O. The molecule has 0 unspecified atom stereocenters. The molecule has 0 bridgehead atoms. The van der Waals surface area contributed by atoms with Crippen LogP contribution in [0.25, 0.3) is 11.1 Å². The molecule has 86 valence electrons. The molecule has 3 nitrogen and oxygen atoms in total. The minimum Gasteiger partial charge on any atom is -0.490 e. The lowest BCUT2D eigenvalue weighted by Gasteiger charge is -2.07. The summed E-state index contributed by atoms with van der Waals surface area (Å²) in [5.74, 6) is 1.47. The van der Waals surface area contributed by atoms with Crippen molar-refractivity contribution in [1.29, 1.82) is 0 Å². The molecule has 1 aromatic heterocycles. The van der Waals surface area contributed by atoms with Gasteiger partial charge >= 0.3 is 0 Å². The van der Waals surface area contributed by atoms with Gasteiger partial charge in [-0.1, -0.05) is 12.1 Å². The standard InChI is InChI=1S/C14H14N2O/c15-14-7-4-11(9-16-14)10-2-1-3-13(8-10)17-12-5-6-12/h1-4,7-9,12H,5-6H2,(H2,15,16). The topological polar surface area (TPSA) is 48.1 Å². The van der Waals surface area contributed by atoms with E-state index in [0.717, 1.165) is 16.9 Å². The van der Waals surface area contributed by atoms with Crippen LogP contribution in [0.15, 0.2) is 42.6 Å². The van der Waals surface area contributed by atoms with Gasteiger partial charge in [0.15, 0.2) is 0 Å². The highest BCUT2D eigenvalue weighted by Gasteiger charge is 2.23. The van der Waals surface area contributed by atoms with Gasteiger partial charge in [-0.05, 0) is 42.7 Å². The summed E-state index contributed by atoms with van der Waals surface area (Å²) in [7, 11) is 0. The van der Waals surface area contributed by atoms with Gasteiger partial charge in [0.25, 0.3) is 0 Å². The SMILES string of the molecule is Nc1ccc(-c2cccc(OC3CC3)c2)cn1. The summed E-state index contributed by atoms with van der Waals surface area (Å²) in [6, 6.07) is 11.9. The molecule has 0 saturated heterocycles. The van der Waals surface area contributed by atoms with Gasteiger partial charge in [0.1, 0.15) is 11.6 Å². The quantitative estimate of drug-likeness (QED) is 0.875. The van der Waals surface area contributed by atoms with Crippen molar-refractivity contribution in [3.8, 4) is 16.9 Å². The minimum atomic E-state index is 0.426. The lowest BCUT2D eigenvalue weighted by molar-refractivity contribution is 0.303. The zero-order valence-electron chi connectivity index (χ0n) is 9.47. The van der Waals surface area contributed by atoms with Gasteiger partial charge in [-0.3, -0.25) is 0 Å². The summed E-state index contributed by atoms with van der Waals surface area (Å²) in [4.78, 5) is 4.10. The number of benzene rings is 1. The third kappa shape index (κ3) is 2.38. The van der Waals surface area contributed by atoms with E-state index in [-0.39, 0.29) is 0 Å². The van der Waals surface area contributed by atoms with Gasteiger partial charge < -0.3 is 10.5 Å². The molecule has 2 aromatic rings. The Balaban J connectivity index is 1.88. The number of aromatic nitrogens is 1. The van der Waals surface area contributed by atoms with Gasteiger partial charge in [-0.15, -0.1) is 0 Å². The second kappa shape index (κ2) is 4.09. The summed E-state index contributed by atoms with van der Waals surface area (Å²) in [5, 5.41) is 0. The van der Waals surface area contributed by atoms with E-state index in [2.05, 4.69) is 4.98 Å². The lowest BCUT2D eigenvalue weighted by atomic mass is 10.1. The third-order valence-corrected chi connectivity index (χ3v) is 2.78. The largest absolute Gasteiger partial charge is 0.490 e. The number of hydrogen-bond acceptors (Lipinski definition) is 3. The van der Waals surface area contributed by atoms with Crippen LogP contribution in [-0.4, -0.2) is 11.1 Å². The normalized spacial score (nSPS) is 14.6. The summed E-state index contributed by atoms with van der Waals surface area (Å²) in [6.45, 7) is 0. The van der Waals surface area contributed by atoms with Gasteiger partial charge in [-0.25, -0.2) is 4.98 Å². The van der Waals surface area contributed by atoms with Crippen LogP contribution in [0.3, 0.4) is 0 Å². The number of nitrogens with two attached hydrogens (primary N) is 1. The molecule has 1 saturated carbocycles. The molecule has 17 heavy (non-hydrogen) atoms. The van der Waals surface area contributed by atoms with Gasteiger partial charge in [0.2, 0.25) is 0 Å². The predicted molar refractivity (Wildman–Crippen MR) is 67.7 cm³/mol. The lowest BCUT2D eigenvalue weighted by Crippen LogP contribution is -1.95. The molecule has 1 heterocycles. The maximum Gasteiger partial charge on any atom is 0.123 e. The van der Waals surface area contributed by atoms with Crippen molar-refractivity contribution < 1.29 is 4.74 Å². The minimum absolute atomic E-state index is 0.426.